The molecule has 0 bridgehead atoms. The predicted octanol–water partition coefficient (Wildman–Crippen LogP) is 1.69. The van der Waals surface area contributed by atoms with Gasteiger partial charge in [-0.25, -0.2) is 4.98 Å². The number of benzene rings is 1. The number of amides is 1. The Morgan fingerprint density at radius 2 is 2.12 bits per heavy atom. The van der Waals surface area contributed by atoms with Gasteiger partial charge in [-0.2, -0.15) is 0 Å². The maximum atomic E-state index is 11.0. The second-order valence-corrected chi connectivity index (χ2v) is 3.94. The van der Waals surface area contributed by atoms with Gasteiger partial charge in [-0.15, -0.1) is 0 Å². The van der Waals surface area contributed by atoms with Crippen LogP contribution >= 0.6 is 0 Å². The summed E-state index contributed by atoms with van der Waals surface area (Å²) >= 11 is 0. The van der Waals surface area contributed by atoms with Crippen molar-refractivity contribution in [1.29, 1.82) is 0 Å². The Hall–Kier alpha value is -1.94. The van der Waals surface area contributed by atoms with Crippen LogP contribution in [-0.4, -0.2) is 17.4 Å². The zero-order chi connectivity index (χ0) is 12.3. The summed E-state index contributed by atoms with van der Waals surface area (Å²) in [5.41, 5.74) is 7.56. The average molecular weight is 229 g/mol. The van der Waals surface area contributed by atoms with E-state index in [-0.39, 0.29) is 5.91 Å². The highest BCUT2D eigenvalue weighted by molar-refractivity contribution is 5.89. The van der Waals surface area contributed by atoms with E-state index in [1.54, 1.807) is 6.07 Å². The van der Waals surface area contributed by atoms with Crippen LogP contribution in [-0.2, 0) is 11.2 Å². The van der Waals surface area contributed by atoms with Gasteiger partial charge in [0, 0.05) is 12.3 Å². The van der Waals surface area contributed by atoms with E-state index in [0.29, 0.717) is 12.4 Å². The maximum absolute atomic E-state index is 11.0. The first kappa shape index (κ1) is 11.5. The molecule has 0 aliphatic rings. The van der Waals surface area contributed by atoms with Gasteiger partial charge < -0.3 is 11.1 Å². The van der Waals surface area contributed by atoms with E-state index < -0.39 is 0 Å². The Balaban J connectivity index is 2.39. The van der Waals surface area contributed by atoms with Crippen LogP contribution in [0.15, 0.2) is 30.3 Å². The number of anilines is 1. The van der Waals surface area contributed by atoms with E-state index in [9.17, 15) is 4.79 Å². The summed E-state index contributed by atoms with van der Waals surface area (Å²) < 4.78 is 0. The summed E-state index contributed by atoms with van der Waals surface area (Å²) in [6, 6.07) is 9.82. The van der Waals surface area contributed by atoms with Crippen LogP contribution in [0.1, 0.15) is 12.5 Å². The van der Waals surface area contributed by atoms with Crippen LogP contribution in [0.3, 0.4) is 0 Å². The molecule has 0 aliphatic carbocycles. The molecule has 0 saturated carbocycles. The summed E-state index contributed by atoms with van der Waals surface area (Å²) in [4.78, 5) is 15.3. The fraction of sp³-hybridized carbons (Fsp3) is 0.231. The average Bonchev–Trinajstić information content (AvgIpc) is 2.28. The molecule has 0 saturated heterocycles. The lowest BCUT2D eigenvalue weighted by molar-refractivity contribution is -0.114. The molecule has 1 aromatic heterocycles. The number of nitrogens with two attached hydrogens (primary N) is 1. The van der Waals surface area contributed by atoms with Gasteiger partial charge in [0.25, 0.3) is 0 Å². The van der Waals surface area contributed by atoms with Crippen molar-refractivity contribution in [3.63, 3.8) is 0 Å². The fourth-order valence-corrected chi connectivity index (χ4v) is 1.73. The number of rotatable bonds is 3. The number of nitrogens with zero attached hydrogens (tertiary/aromatic N) is 1. The lowest BCUT2D eigenvalue weighted by Crippen LogP contribution is -2.07. The molecular formula is C13H15N3O. The number of aromatic nitrogens is 1. The van der Waals surface area contributed by atoms with Gasteiger partial charge in [-0.3, -0.25) is 4.79 Å². The first-order valence-corrected chi connectivity index (χ1v) is 5.56. The third-order valence-corrected chi connectivity index (χ3v) is 2.49. The highest BCUT2D eigenvalue weighted by atomic mass is 16.1. The van der Waals surface area contributed by atoms with Crippen LogP contribution in [0.4, 0.5) is 5.82 Å². The topological polar surface area (TPSA) is 68.0 Å². The van der Waals surface area contributed by atoms with Gasteiger partial charge in [0.05, 0.1) is 5.52 Å². The summed E-state index contributed by atoms with van der Waals surface area (Å²) in [6.07, 6.45) is 0.835. The van der Waals surface area contributed by atoms with E-state index in [1.165, 1.54) is 6.92 Å². The van der Waals surface area contributed by atoms with Gasteiger partial charge in [0.15, 0.2) is 0 Å². The summed E-state index contributed by atoms with van der Waals surface area (Å²) in [5.74, 6) is 0.463. The predicted molar refractivity (Wildman–Crippen MR) is 68.8 cm³/mol. The molecule has 0 unspecified atom stereocenters. The fourth-order valence-electron chi connectivity index (χ4n) is 1.73. The number of pyridine rings is 1. The maximum Gasteiger partial charge on any atom is 0.222 e. The molecule has 0 atom stereocenters. The van der Waals surface area contributed by atoms with Crippen LogP contribution < -0.4 is 11.1 Å². The van der Waals surface area contributed by atoms with Crippen molar-refractivity contribution < 1.29 is 4.79 Å². The van der Waals surface area contributed by atoms with Crippen LogP contribution in [0.25, 0.3) is 10.9 Å². The first-order chi connectivity index (χ1) is 8.19. The Morgan fingerprint density at radius 1 is 1.35 bits per heavy atom. The molecule has 1 amide bonds. The number of carbonyl (C=O) groups is 1. The van der Waals surface area contributed by atoms with Crippen molar-refractivity contribution >= 4 is 22.6 Å². The molecule has 2 aromatic rings. The second-order valence-electron chi connectivity index (χ2n) is 3.94. The van der Waals surface area contributed by atoms with E-state index in [4.69, 9.17) is 5.73 Å². The molecular weight excluding hydrogens is 214 g/mol. The Bertz CT molecular complexity index is 551. The highest BCUT2D eigenvalue weighted by Gasteiger charge is 2.01. The molecule has 88 valence electrons. The van der Waals surface area contributed by atoms with E-state index in [2.05, 4.69) is 16.4 Å². The lowest BCUT2D eigenvalue weighted by atomic mass is 10.1. The van der Waals surface area contributed by atoms with Crippen molar-refractivity contribution in [2.24, 2.45) is 5.73 Å². The van der Waals surface area contributed by atoms with Crippen molar-refractivity contribution in [3.05, 3.63) is 35.9 Å². The largest absolute Gasteiger partial charge is 0.330 e. The zero-order valence-corrected chi connectivity index (χ0v) is 9.73. The van der Waals surface area contributed by atoms with Crippen molar-refractivity contribution in [2.75, 3.05) is 11.9 Å². The highest BCUT2D eigenvalue weighted by Crippen LogP contribution is 2.17. The standard InChI is InChI=1S/C13H15N3O/c1-9(17)15-13-5-4-11-3-2-10(6-7-14)8-12(11)16-13/h2-5,8H,6-7,14H2,1H3,(H,15,16,17). The van der Waals surface area contributed by atoms with Gasteiger partial charge in [0.1, 0.15) is 5.82 Å². The molecule has 17 heavy (non-hydrogen) atoms. The molecule has 1 aromatic carbocycles. The number of nitrogens with one attached hydrogen (secondary N) is 1. The van der Waals surface area contributed by atoms with Crippen LogP contribution in [0, 0.1) is 0 Å². The molecule has 3 N–H and O–H groups in total. The van der Waals surface area contributed by atoms with E-state index in [0.717, 1.165) is 22.9 Å². The Labute approximate surface area is 99.8 Å². The van der Waals surface area contributed by atoms with Gasteiger partial charge >= 0.3 is 0 Å². The van der Waals surface area contributed by atoms with Crippen molar-refractivity contribution in [1.82, 2.24) is 4.98 Å². The molecule has 0 fully saturated rings. The van der Waals surface area contributed by atoms with Gasteiger partial charge in [-0.05, 0) is 36.7 Å². The summed E-state index contributed by atoms with van der Waals surface area (Å²) in [7, 11) is 0. The third kappa shape index (κ3) is 2.79. The van der Waals surface area contributed by atoms with E-state index >= 15 is 0 Å². The second kappa shape index (κ2) is 4.93. The molecule has 2 rings (SSSR count). The Morgan fingerprint density at radius 3 is 2.82 bits per heavy atom. The number of carbonyl (C=O) groups excluding carboxylic acids is 1. The first-order valence-electron chi connectivity index (χ1n) is 5.56. The van der Waals surface area contributed by atoms with E-state index in [1.807, 2.05) is 18.2 Å². The number of hydrogen-bond acceptors (Lipinski definition) is 3. The Kier molecular flexibility index (Phi) is 3.35. The summed E-state index contributed by atoms with van der Waals surface area (Å²) in [6.45, 7) is 2.09. The monoisotopic (exact) mass is 229 g/mol. The van der Waals surface area contributed by atoms with Gasteiger partial charge in [-0.1, -0.05) is 12.1 Å². The zero-order valence-electron chi connectivity index (χ0n) is 9.73. The smallest absolute Gasteiger partial charge is 0.222 e. The molecule has 0 aliphatic heterocycles. The van der Waals surface area contributed by atoms with Crippen molar-refractivity contribution in [2.45, 2.75) is 13.3 Å². The van der Waals surface area contributed by atoms with Crippen LogP contribution in [0.5, 0.6) is 0 Å². The van der Waals surface area contributed by atoms with Crippen molar-refractivity contribution in [3.8, 4) is 0 Å². The molecule has 0 spiro atoms. The minimum Gasteiger partial charge on any atom is -0.330 e. The lowest BCUT2D eigenvalue weighted by Gasteiger charge is -2.05. The third-order valence-electron chi connectivity index (χ3n) is 2.49. The minimum atomic E-state index is -0.116. The SMILES string of the molecule is CC(=O)Nc1ccc2ccc(CCN)cc2n1. The molecule has 1 heterocycles. The number of hydrogen-bond donors (Lipinski definition) is 2. The van der Waals surface area contributed by atoms with Crippen LogP contribution in [0.2, 0.25) is 0 Å². The molecule has 0 radical (unpaired) electrons. The quantitative estimate of drug-likeness (QED) is 0.841. The normalized spacial score (nSPS) is 10.5. The van der Waals surface area contributed by atoms with Gasteiger partial charge in [0.2, 0.25) is 5.91 Å². The molecule has 4 nitrogen and oxygen atoms in total. The minimum absolute atomic E-state index is 0.116. The number of fused-ring (bicyclic) bond motifs is 1. The molecule has 4 heteroatoms. The summed E-state index contributed by atoms with van der Waals surface area (Å²) in [5, 5.41) is 3.73.